The Bertz CT molecular complexity index is 334. The molecule has 2 atom stereocenters. The summed E-state index contributed by atoms with van der Waals surface area (Å²) >= 11 is 1.94. The Balaban J connectivity index is 5.14. The van der Waals surface area contributed by atoms with Gasteiger partial charge in [-0.1, -0.05) is 26.8 Å². The van der Waals surface area contributed by atoms with E-state index in [-0.39, 0.29) is 6.42 Å². The maximum Gasteiger partial charge on any atom is 0.436 e. The van der Waals surface area contributed by atoms with Crippen LogP contribution in [0.25, 0.3) is 0 Å². The van der Waals surface area contributed by atoms with Crippen molar-refractivity contribution in [3.8, 4) is 0 Å². The van der Waals surface area contributed by atoms with E-state index in [0.717, 1.165) is 6.08 Å². The molecule has 1 N–H and O–H groups in total. The van der Waals surface area contributed by atoms with Gasteiger partial charge in [0.05, 0.1) is 5.92 Å². The first-order valence-electron chi connectivity index (χ1n) is 5.23. The number of allylic oxidation sites excluding steroid dienone is 2. The van der Waals surface area contributed by atoms with Crippen molar-refractivity contribution in [2.75, 3.05) is 0 Å². The minimum Gasteiger partial charge on any atom is -0.481 e. The molecule has 0 radical (unpaired) electrons. The van der Waals surface area contributed by atoms with Gasteiger partial charge in [0.25, 0.3) is 4.58 Å². The third kappa shape index (κ3) is 4.26. The molecule has 0 aromatic heterocycles. The van der Waals surface area contributed by atoms with Crippen molar-refractivity contribution in [1.29, 1.82) is 0 Å². The summed E-state index contributed by atoms with van der Waals surface area (Å²) in [5.41, 5.74) is -1.09. The van der Waals surface area contributed by atoms with Crippen molar-refractivity contribution in [3.05, 3.63) is 12.2 Å². The average molecular weight is 335 g/mol. The molecule has 2 unspecified atom stereocenters. The molecule has 106 valence electrons. The fourth-order valence-corrected chi connectivity index (χ4v) is 1.68. The summed E-state index contributed by atoms with van der Waals surface area (Å²) in [6, 6.07) is 0. The van der Waals surface area contributed by atoms with Gasteiger partial charge in [-0.3, -0.25) is 4.79 Å². The van der Waals surface area contributed by atoms with Crippen molar-refractivity contribution < 1.29 is 27.5 Å². The third-order valence-corrected chi connectivity index (χ3v) is 3.42. The second-order valence-corrected chi connectivity index (χ2v) is 5.73. The van der Waals surface area contributed by atoms with Crippen LogP contribution in [-0.2, 0) is 4.79 Å². The van der Waals surface area contributed by atoms with Gasteiger partial charge in [0.15, 0.2) is 0 Å². The molecule has 0 amide bonds. The predicted octanol–water partition coefficient (Wildman–Crippen LogP) is 4.30. The molecule has 0 aliphatic rings. The number of alkyl halides is 5. The van der Waals surface area contributed by atoms with E-state index in [0.29, 0.717) is 6.08 Å². The molecule has 0 aliphatic carbocycles. The van der Waals surface area contributed by atoms with Crippen LogP contribution in [0.3, 0.4) is 0 Å². The summed E-state index contributed by atoms with van der Waals surface area (Å²) in [6.07, 6.45) is -3.61. The first-order chi connectivity index (χ1) is 7.85. The lowest BCUT2D eigenvalue weighted by molar-refractivity contribution is -0.176. The molecular weight excluding hydrogens is 320 g/mol. The van der Waals surface area contributed by atoms with Crippen LogP contribution in [0.15, 0.2) is 12.2 Å². The number of aliphatic carboxylic acids is 1. The van der Waals surface area contributed by atoms with Crippen molar-refractivity contribution in [2.45, 2.75) is 37.9 Å². The second-order valence-electron chi connectivity index (χ2n) is 4.57. The lowest BCUT2D eigenvalue weighted by Gasteiger charge is -2.28. The lowest BCUT2D eigenvalue weighted by Crippen LogP contribution is -2.34. The first kappa shape index (κ1) is 17.4. The van der Waals surface area contributed by atoms with E-state index in [1.54, 1.807) is 6.92 Å². The van der Waals surface area contributed by atoms with Crippen molar-refractivity contribution >= 4 is 21.9 Å². The predicted molar refractivity (Wildman–Crippen MR) is 63.2 cm³/mol. The molecule has 0 bridgehead atoms. The fraction of sp³-hybridized carbons (Fsp3) is 0.727. The van der Waals surface area contributed by atoms with E-state index in [1.807, 2.05) is 15.9 Å². The molecule has 2 nitrogen and oxygen atoms in total. The Kier molecular flexibility index (Phi) is 5.40. The monoisotopic (exact) mass is 334 g/mol. The highest BCUT2D eigenvalue weighted by molar-refractivity contribution is 9.10. The zero-order chi connectivity index (χ0) is 14.8. The quantitative estimate of drug-likeness (QED) is 0.462. The molecule has 0 saturated carbocycles. The van der Waals surface area contributed by atoms with Crippen LogP contribution in [-0.4, -0.2) is 21.8 Å². The zero-order valence-electron chi connectivity index (χ0n) is 10.2. The highest BCUT2D eigenvalue weighted by Crippen LogP contribution is 2.42. The molecule has 0 aromatic carbocycles. The first-order valence-corrected chi connectivity index (χ1v) is 6.02. The summed E-state index contributed by atoms with van der Waals surface area (Å²) in [4.78, 5) is 10.9. The van der Waals surface area contributed by atoms with Gasteiger partial charge in [0, 0.05) is 0 Å². The van der Waals surface area contributed by atoms with Crippen LogP contribution in [0.1, 0.15) is 27.2 Å². The standard InChI is InChI=1S/C11H15BrF4O2/c1-4-7(8(17)18)9(2,3)5-6-10(12,13)11(14,15)16/h5-7H,4H2,1-3H3,(H,17,18). The van der Waals surface area contributed by atoms with Gasteiger partial charge < -0.3 is 5.11 Å². The van der Waals surface area contributed by atoms with Gasteiger partial charge in [-0.05, 0) is 33.8 Å². The minimum absolute atomic E-state index is 0.236. The number of halogens is 5. The lowest BCUT2D eigenvalue weighted by atomic mass is 9.77. The Morgan fingerprint density at radius 1 is 1.28 bits per heavy atom. The highest BCUT2D eigenvalue weighted by atomic mass is 79.9. The van der Waals surface area contributed by atoms with Crippen LogP contribution in [0.5, 0.6) is 0 Å². The van der Waals surface area contributed by atoms with E-state index in [2.05, 4.69) is 0 Å². The Morgan fingerprint density at radius 3 is 2.00 bits per heavy atom. The molecule has 18 heavy (non-hydrogen) atoms. The number of rotatable bonds is 5. The number of carbonyl (C=O) groups is 1. The highest BCUT2D eigenvalue weighted by Gasteiger charge is 2.52. The van der Waals surface area contributed by atoms with Crippen LogP contribution in [0.2, 0.25) is 0 Å². The van der Waals surface area contributed by atoms with Gasteiger partial charge in [-0.15, -0.1) is 0 Å². The molecule has 0 spiro atoms. The smallest absolute Gasteiger partial charge is 0.436 e. The number of hydrogen-bond acceptors (Lipinski definition) is 1. The Hall–Kier alpha value is -0.590. The van der Waals surface area contributed by atoms with Crippen LogP contribution in [0, 0.1) is 11.3 Å². The van der Waals surface area contributed by atoms with Crippen LogP contribution in [0.4, 0.5) is 17.6 Å². The molecule has 0 fully saturated rings. The third-order valence-electron chi connectivity index (χ3n) is 2.70. The van der Waals surface area contributed by atoms with Gasteiger partial charge in [0.2, 0.25) is 0 Å². The van der Waals surface area contributed by atoms with Gasteiger partial charge in [0.1, 0.15) is 0 Å². The molecule has 0 aliphatic heterocycles. The Labute approximate surface area is 111 Å². The molecule has 0 aromatic rings. The molecule has 0 rings (SSSR count). The minimum atomic E-state index is -5.09. The van der Waals surface area contributed by atoms with E-state index in [1.165, 1.54) is 13.8 Å². The maximum atomic E-state index is 13.3. The van der Waals surface area contributed by atoms with Gasteiger partial charge >= 0.3 is 12.1 Å². The fourth-order valence-electron chi connectivity index (χ4n) is 1.55. The SMILES string of the molecule is CCC(C(=O)O)C(C)(C)C=CC(F)(Br)C(F)(F)F. The summed E-state index contributed by atoms with van der Waals surface area (Å²) in [5, 5.41) is 8.94. The summed E-state index contributed by atoms with van der Waals surface area (Å²) in [7, 11) is 0. The van der Waals surface area contributed by atoms with E-state index in [9.17, 15) is 22.4 Å². The number of hydrogen-bond donors (Lipinski definition) is 1. The van der Waals surface area contributed by atoms with Crippen molar-refractivity contribution in [1.82, 2.24) is 0 Å². The molecular formula is C11H15BrF4O2. The maximum absolute atomic E-state index is 13.3. The normalized spacial score (nSPS) is 18.7. The largest absolute Gasteiger partial charge is 0.481 e. The second kappa shape index (κ2) is 5.59. The zero-order valence-corrected chi connectivity index (χ0v) is 11.8. The van der Waals surface area contributed by atoms with Crippen LogP contribution < -0.4 is 0 Å². The summed E-state index contributed by atoms with van der Waals surface area (Å²) in [5.74, 6) is -2.01. The molecule has 0 heterocycles. The Morgan fingerprint density at radius 2 is 1.72 bits per heavy atom. The van der Waals surface area contributed by atoms with Gasteiger partial charge in [-0.25, -0.2) is 4.39 Å². The summed E-state index contributed by atoms with van der Waals surface area (Å²) < 4.78 is 46.4. The van der Waals surface area contributed by atoms with Gasteiger partial charge in [-0.2, -0.15) is 13.2 Å². The molecule has 0 saturated heterocycles. The van der Waals surface area contributed by atoms with E-state index < -0.39 is 28.1 Å². The topological polar surface area (TPSA) is 37.3 Å². The van der Waals surface area contributed by atoms with Crippen molar-refractivity contribution in [3.63, 3.8) is 0 Å². The van der Waals surface area contributed by atoms with Crippen LogP contribution >= 0.6 is 15.9 Å². The molecule has 7 heteroatoms. The number of carboxylic acids is 1. The van der Waals surface area contributed by atoms with Crippen molar-refractivity contribution in [2.24, 2.45) is 11.3 Å². The van der Waals surface area contributed by atoms with E-state index in [4.69, 9.17) is 5.11 Å². The summed E-state index contributed by atoms with van der Waals surface area (Å²) in [6.45, 7) is 4.51. The average Bonchev–Trinajstić information content (AvgIpc) is 2.13. The number of carboxylic acid groups (broad SMARTS) is 1. The van der Waals surface area contributed by atoms with E-state index >= 15 is 0 Å².